The number of nitrogens with one attached hydrogen (secondary N) is 2. The molecule has 0 bridgehead atoms. The van der Waals surface area contributed by atoms with Gasteiger partial charge in [-0.3, -0.25) is 14.9 Å². The van der Waals surface area contributed by atoms with Crippen molar-refractivity contribution in [2.45, 2.75) is 17.6 Å². The molecule has 5 aromatic rings. The van der Waals surface area contributed by atoms with Gasteiger partial charge in [0, 0.05) is 44.2 Å². The average Bonchev–Trinajstić information content (AvgIpc) is 3.33. The molecule has 0 saturated carbocycles. The molecule has 6 heteroatoms. The van der Waals surface area contributed by atoms with Gasteiger partial charge in [0.2, 0.25) is 0 Å². The smallest absolute Gasteiger partial charge is 0.255 e. The lowest BCUT2D eigenvalue weighted by molar-refractivity contribution is 0.102. The van der Waals surface area contributed by atoms with Crippen LogP contribution in [0.4, 0.5) is 5.69 Å². The number of pyridine rings is 1. The van der Waals surface area contributed by atoms with Crippen LogP contribution in [0, 0.1) is 6.92 Å². The molecule has 0 unspecified atom stereocenters. The predicted molar refractivity (Wildman–Crippen MR) is 134 cm³/mol. The van der Waals surface area contributed by atoms with Gasteiger partial charge in [-0.1, -0.05) is 42.5 Å². The van der Waals surface area contributed by atoms with Gasteiger partial charge in [0.25, 0.3) is 5.91 Å². The maximum atomic E-state index is 12.8. The molecule has 1 amide bonds. The highest BCUT2D eigenvalue weighted by molar-refractivity contribution is 7.98. The van der Waals surface area contributed by atoms with Crippen LogP contribution in [0.5, 0.6) is 0 Å². The average molecular weight is 451 g/mol. The number of amides is 1. The normalized spacial score (nSPS) is 10.9. The molecule has 0 fully saturated rings. The quantitative estimate of drug-likeness (QED) is 0.291. The number of benzene rings is 3. The standard InChI is InChI=1S/C27H22N4OS/c1-18-10-11-20-14-22(12-13-25(20)28-18)29-27(32)21-8-5-9-24(15-21)33-17-23-16-26(31-30-23)19-6-3-2-4-7-19/h2-16H,17H2,1H3,(H,29,32)(H,30,31). The lowest BCUT2D eigenvalue weighted by Crippen LogP contribution is -2.11. The largest absolute Gasteiger partial charge is 0.322 e. The number of aromatic amines is 1. The third kappa shape index (κ3) is 4.96. The van der Waals surface area contributed by atoms with E-state index in [0.29, 0.717) is 5.56 Å². The summed E-state index contributed by atoms with van der Waals surface area (Å²) in [6, 6.07) is 29.6. The number of hydrogen-bond acceptors (Lipinski definition) is 4. The van der Waals surface area contributed by atoms with Crippen molar-refractivity contribution in [1.82, 2.24) is 15.2 Å². The Morgan fingerprint density at radius 3 is 2.70 bits per heavy atom. The summed E-state index contributed by atoms with van der Waals surface area (Å²) in [5, 5.41) is 11.5. The first-order chi connectivity index (χ1) is 16.1. The summed E-state index contributed by atoms with van der Waals surface area (Å²) < 4.78 is 0. The van der Waals surface area contributed by atoms with E-state index in [-0.39, 0.29) is 5.91 Å². The topological polar surface area (TPSA) is 70.7 Å². The minimum Gasteiger partial charge on any atom is -0.322 e. The third-order valence-corrected chi connectivity index (χ3v) is 6.32. The van der Waals surface area contributed by atoms with E-state index in [4.69, 9.17) is 0 Å². The van der Waals surface area contributed by atoms with Gasteiger partial charge in [-0.15, -0.1) is 11.8 Å². The fourth-order valence-electron chi connectivity index (χ4n) is 3.59. The van der Waals surface area contributed by atoms with Crippen LogP contribution in [0.2, 0.25) is 0 Å². The summed E-state index contributed by atoms with van der Waals surface area (Å²) in [5.74, 6) is 0.604. The van der Waals surface area contributed by atoms with E-state index in [1.807, 2.05) is 91.9 Å². The van der Waals surface area contributed by atoms with Crippen molar-refractivity contribution >= 4 is 34.3 Å². The number of H-pyrrole nitrogens is 1. The molecule has 5 nitrogen and oxygen atoms in total. The molecule has 0 atom stereocenters. The number of nitrogens with zero attached hydrogens (tertiary/aromatic N) is 2. The third-order valence-electron chi connectivity index (χ3n) is 5.28. The Balaban J connectivity index is 1.25. The number of hydrogen-bond donors (Lipinski definition) is 2. The maximum Gasteiger partial charge on any atom is 0.255 e. The number of aromatic nitrogens is 3. The van der Waals surface area contributed by atoms with E-state index < -0.39 is 0 Å². The van der Waals surface area contributed by atoms with E-state index in [0.717, 1.165) is 49.9 Å². The number of anilines is 1. The van der Waals surface area contributed by atoms with Gasteiger partial charge < -0.3 is 5.32 Å². The Labute approximate surface area is 196 Å². The molecule has 0 aliphatic rings. The molecule has 3 aromatic carbocycles. The number of thioether (sulfide) groups is 1. The second-order valence-electron chi connectivity index (χ2n) is 7.78. The highest BCUT2D eigenvalue weighted by Gasteiger charge is 2.09. The number of fused-ring (bicyclic) bond motifs is 1. The molecule has 0 radical (unpaired) electrons. The predicted octanol–water partition coefficient (Wildman–Crippen LogP) is 6.48. The number of aryl methyl sites for hydroxylation is 1. The van der Waals surface area contributed by atoms with Gasteiger partial charge in [-0.25, -0.2) is 0 Å². The second-order valence-corrected chi connectivity index (χ2v) is 8.82. The molecule has 0 saturated heterocycles. The maximum absolute atomic E-state index is 12.8. The zero-order chi connectivity index (χ0) is 22.6. The van der Waals surface area contributed by atoms with E-state index >= 15 is 0 Å². The Bertz CT molecular complexity index is 1430. The molecule has 0 aliphatic carbocycles. The Hall–Kier alpha value is -3.90. The van der Waals surface area contributed by atoms with Crippen LogP contribution in [0.3, 0.4) is 0 Å². The minimum absolute atomic E-state index is 0.134. The van der Waals surface area contributed by atoms with E-state index in [1.54, 1.807) is 11.8 Å². The number of carbonyl (C=O) groups is 1. The van der Waals surface area contributed by atoms with Crippen molar-refractivity contribution in [3.05, 3.63) is 108 Å². The van der Waals surface area contributed by atoms with E-state index in [9.17, 15) is 4.79 Å². The van der Waals surface area contributed by atoms with Gasteiger partial charge in [0.15, 0.2) is 0 Å². The minimum atomic E-state index is -0.134. The van der Waals surface area contributed by atoms with Gasteiger partial charge in [-0.2, -0.15) is 5.10 Å². The van der Waals surface area contributed by atoms with Crippen LogP contribution in [0.15, 0.2) is 95.9 Å². The second kappa shape index (κ2) is 9.30. The molecule has 2 aromatic heterocycles. The molecule has 2 N–H and O–H groups in total. The van der Waals surface area contributed by atoms with Crippen molar-refractivity contribution in [1.29, 1.82) is 0 Å². The van der Waals surface area contributed by atoms with Crippen LogP contribution in [-0.2, 0) is 5.75 Å². The van der Waals surface area contributed by atoms with Gasteiger partial charge in [0.05, 0.1) is 11.2 Å². The first-order valence-corrected chi connectivity index (χ1v) is 11.6. The monoisotopic (exact) mass is 450 g/mol. The van der Waals surface area contributed by atoms with E-state index in [2.05, 4.69) is 26.6 Å². The highest BCUT2D eigenvalue weighted by Crippen LogP contribution is 2.26. The van der Waals surface area contributed by atoms with Crippen molar-refractivity contribution in [3.63, 3.8) is 0 Å². The first-order valence-electron chi connectivity index (χ1n) is 10.7. The summed E-state index contributed by atoms with van der Waals surface area (Å²) >= 11 is 1.66. The lowest BCUT2D eigenvalue weighted by atomic mass is 10.1. The molecule has 162 valence electrons. The summed E-state index contributed by atoms with van der Waals surface area (Å²) in [4.78, 5) is 18.4. The summed E-state index contributed by atoms with van der Waals surface area (Å²) in [6.07, 6.45) is 0. The fourth-order valence-corrected chi connectivity index (χ4v) is 4.44. The summed E-state index contributed by atoms with van der Waals surface area (Å²) in [7, 11) is 0. The summed E-state index contributed by atoms with van der Waals surface area (Å²) in [5.41, 5.74) is 6.32. The van der Waals surface area contributed by atoms with Gasteiger partial charge >= 0.3 is 0 Å². The van der Waals surface area contributed by atoms with Gasteiger partial charge in [0.1, 0.15) is 0 Å². The van der Waals surface area contributed by atoms with E-state index in [1.165, 1.54) is 0 Å². The first kappa shape index (κ1) is 21.0. The Morgan fingerprint density at radius 1 is 0.939 bits per heavy atom. The summed E-state index contributed by atoms with van der Waals surface area (Å²) in [6.45, 7) is 1.97. The highest BCUT2D eigenvalue weighted by atomic mass is 32.2. The van der Waals surface area contributed by atoms with Crippen LogP contribution >= 0.6 is 11.8 Å². The van der Waals surface area contributed by atoms with Crippen molar-refractivity contribution in [3.8, 4) is 11.3 Å². The van der Waals surface area contributed by atoms with Crippen molar-refractivity contribution in [2.75, 3.05) is 5.32 Å². The molecular weight excluding hydrogens is 428 g/mol. The van der Waals surface area contributed by atoms with Crippen LogP contribution in [0.25, 0.3) is 22.2 Å². The van der Waals surface area contributed by atoms with Crippen LogP contribution in [-0.4, -0.2) is 21.1 Å². The van der Waals surface area contributed by atoms with Crippen LogP contribution in [0.1, 0.15) is 21.7 Å². The SMILES string of the molecule is Cc1ccc2cc(NC(=O)c3cccc(SCc4cc(-c5ccccc5)n[nH]4)c3)ccc2n1. The molecule has 5 rings (SSSR count). The molecular formula is C27H22N4OS. The lowest BCUT2D eigenvalue weighted by Gasteiger charge is -2.08. The molecule has 2 heterocycles. The number of carbonyl (C=O) groups excluding carboxylic acids is 1. The van der Waals surface area contributed by atoms with Crippen molar-refractivity contribution in [2.24, 2.45) is 0 Å². The Morgan fingerprint density at radius 2 is 1.82 bits per heavy atom. The zero-order valence-corrected chi connectivity index (χ0v) is 18.9. The molecule has 0 spiro atoms. The van der Waals surface area contributed by atoms with Crippen LogP contribution < -0.4 is 5.32 Å². The number of rotatable bonds is 6. The molecule has 33 heavy (non-hydrogen) atoms. The van der Waals surface area contributed by atoms with Crippen molar-refractivity contribution < 1.29 is 4.79 Å². The fraction of sp³-hybridized carbons (Fsp3) is 0.0741. The van der Waals surface area contributed by atoms with Gasteiger partial charge in [-0.05, 0) is 55.5 Å². The Kier molecular flexibility index (Phi) is 5.91. The zero-order valence-electron chi connectivity index (χ0n) is 18.1. The molecule has 0 aliphatic heterocycles.